The molecule has 0 bridgehead atoms. The van der Waals surface area contributed by atoms with Crippen LogP contribution in [-0.4, -0.2) is 40.7 Å². The van der Waals surface area contributed by atoms with Gasteiger partial charge in [-0.2, -0.15) is 0 Å². The second-order valence-electron chi connectivity index (χ2n) is 4.69. The van der Waals surface area contributed by atoms with Crippen molar-refractivity contribution in [2.75, 3.05) is 26.1 Å². The number of benzene rings is 1. The third-order valence-electron chi connectivity index (χ3n) is 3.13. The van der Waals surface area contributed by atoms with E-state index in [0.29, 0.717) is 18.8 Å². The van der Waals surface area contributed by atoms with Gasteiger partial charge in [0.05, 0.1) is 26.0 Å². The van der Waals surface area contributed by atoms with Crippen LogP contribution in [0.3, 0.4) is 0 Å². The Balaban J connectivity index is 2.05. The summed E-state index contributed by atoms with van der Waals surface area (Å²) in [7, 11) is 1.66. The molecule has 1 aromatic heterocycles. The van der Waals surface area contributed by atoms with Crippen LogP contribution in [0.2, 0.25) is 0 Å². The summed E-state index contributed by atoms with van der Waals surface area (Å²) in [6.07, 6.45) is 1.90. The summed E-state index contributed by atoms with van der Waals surface area (Å²) in [5.74, 6) is 1.69. The van der Waals surface area contributed by atoms with E-state index in [9.17, 15) is 5.11 Å². The van der Waals surface area contributed by atoms with E-state index in [2.05, 4.69) is 9.55 Å². The predicted molar refractivity (Wildman–Crippen MR) is 87.5 cm³/mol. The number of ether oxygens (including phenoxy) is 2. The number of aliphatic hydroxyl groups is 1. The molecule has 0 aliphatic rings. The Morgan fingerprint density at radius 1 is 1.27 bits per heavy atom. The number of aliphatic hydroxyl groups excluding tert-OH is 1. The lowest BCUT2D eigenvalue weighted by molar-refractivity contribution is 0.164. The maximum Gasteiger partial charge on any atom is 0.168 e. The fourth-order valence-corrected chi connectivity index (χ4v) is 2.87. The summed E-state index contributed by atoms with van der Waals surface area (Å²) >= 11 is 1.64. The van der Waals surface area contributed by atoms with Crippen molar-refractivity contribution < 1.29 is 14.6 Å². The van der Waals surface area contributed by atoms with Crippen molar-refractivity contribution in [3.63, 3.8) is 0 Å². The van der Waals surface area contributed by atoms with Crippen LogP contribution in [0.4, 0.5) is 0 Å². The van der Waals surface area contributed by atoms with Gasteiger partial charge in [-0.3, -0.25) is 0 Å². The van der Waals surface area contributed by atoms with Gasteiger partial charge in [0.2, 0.25) is 0 Å². The van der Waals surface area contributed by atoms with E-state index < -0.39 is 0 Å². The minimum Gasteiger partial charge on any atom is -0.497 e. The molecular formula is C16H22N2O3S. The molecule has 1 N–H and O–H groups in total. The second kappa shape index (κ2) is 8.82. The lowest BCUT2D eigenvalue weighted by atomic mass is 10.2. The van der Waals surface area contributed by atoms with E-state index in [0.717, 1.165) is 28.8 Å². The molecular weight excluding hydrogens is 300 g/mol. The number of hydrogen-bond donors (Lipinski definition) is 1. The number of nitrogens with zero attached hydrogens (tertiary/aromatic N) is 2. The SMILES string of the molecule is CCOCCSc1nc(CO)cn1Cc1ccc(OC)cc1. The first-order valence-corrected chi connectivity index (χ1v) is 8.25. The average molecular weight is 322 g/mol. The molecule has 5 nitrogen and oxygen atoms in total. The zero-order chi connectivity index (χ0) is 15.8. The molecule has 0 amide bonds. The van der Waals surface area contributed by atoms with Crippen LogP contribution < -0.4 is 4.74 Å². The van der Waals surface area contributed by atoms with Crippen LogP contribution in [-0.2, 0) is 17.9 Å². The standard InChI is InChI=1S/C16H22N2O3S/c1-3-21-8-9-22-16-17-14(12-19)11-18(16)10-13-4-6-15(20-2)7-5-13/h4-7,11,19H,3,8-10,12H2,1-2H3. The molecule has 0 radical (unpaired) electrons. The Morgan fingerprint density at radius 2 is 2.05 bits per heavy atom. The quantitative estimate of drug-likeness (QED) is 0.568. The Kier molecular flexibility index (Phi) is 6.76. The minimum absolute atomic E-state index is 0.0470. The molecule has 22 heavy (non-hydrogen) atoms. The Morgan fingerprint density at radius 3 is 2.68 bits per heavy atom. The van der Waals surface area contributed by atoms with Gasteiger partial charge in [-0.05, 0) is 24.6 Å². The number of methoxy groups -OCH3 is 1. The zero-order valence-electron chi connectivity index (χ0n) is 13.0. The highest BCUT2D eigenvalue weighted by Gasteiger charge is 2.09. The molecule has 0 aliphatic heterocycles. The van der Waals surface area contributed by atoms with Crippen LogP contribution in [0, 0.1) is 0 Å². The molecule has 1 aromatic carbocycles. The Labute approximate surface area is 135 Å². The number of thioether (sulfide) groups is 1. The molecule has 0 saturated heterocycles. The van der Waals surface area contributed by atoms with Gasteiger partial charge in [0.25, 0.3) is 0 Å². The number of rotatable bonds is 9. The lowest BCUT2D eigenvalue weighted by Crippen LogP contribution is -2.02. The van der Waals surface area contributed by atoms with Gasteiger partial charge < -0.3 is 19.1 Å². The summed E-state index contributed by atoms with van der Waals surface area (Å²) in [5.41, 5.74) is 1.85. The predicted octanol–water partition coefficient (Wildman–Crippen LogP) is 2.56. The summed E-state index contributed by atoms with van der Waals surface area (Å²) < 4.78 is 12.6. The van der Waals surface area contributed by atoms with Crippen LogP contribution in [0.1, 0.15) is 18.2 Å². The molecule has 120 valence electrons. The lowest BCUT2D eigenvalue weighted by Gasteiger charge is -2.08. The average Bonchev–Trinajstić information content (AvgIpc) is 2.94. The molecule has 0 unspecified atom stereocenters. The minimum atomic E-state index is -0.0470. The van der Waals surface area contributed by atoms with Gasteiger partial charge in [-0.15, -0.1) is 0 Å². The van der Waals surface area contributed by atoms with Crippen molar-refractivity contribution in [1.29, 1.82) is 0 Å². The van der Waals surface area contributed by atoms with E-state index in [4.69, 9.17) is 9.47 Å². The molecule has 2 aromatic rings. The first-order valence-electron chi connectivity index (χ1n) is 7.27. The highest BCUT2D eigenvalue weighted by Crippen LogP contribution is 2.20. The largest absolute Gasteiger partial charge is 0.497 e. The number of aromatic nitrogens is 2. The van der Waals surface area contributed by atoms with E-state index in [1.54, 1.807) is 18.9 Å². The summed E-state index contributed by atoms with van der Waals surface area (Å²) in [4.78, 5) is 4.45. The van der Waals surface area contributed by atoms with Crippen LogP contribution in [0.5, 0.6) is 5.75 Å². The van der Waals surface area contributed by atoms with Gasteiger partial charge in [-0.1, -0.05) is 23.9 Å². The van der Waals surface area contributed by atoms with Crippen molar-refractivity contribution in [1.82, 2.24) is 9.55 Å². The number of imidazole rings is 1. The molecule has 1 heterocycles. The van der Waals surface area contributed by atoms with Crippen LogP contribution in [0.25, 0.3) is 0 Å². The first-order chi connectivity index (χ1) is 10.8. The topological polar surface area (TPSA) is 56.5 Å². The first kappa shape index (κ1) is 16.9. The zero-order valence-corrected chi connectivity index (χ0v) is 13.8. The smallest absolute Gasteiger partial charge is 0.168 e. The third-order valence-corrected chi connectivity index (χ3v) is 4.08. The molecule has 6 heteroatoms. The number of hydrogen-bond acceptors (Lipinski definition) is 5. The van der Waals surface area contributed by atoms with E-state index in [1.165, 1.54) is 0 Å². The van der Waals surface area contributed by atoms with Crippen molar-refractivity contribution in [2.24, 2.45) is 0 Å². The van der Waals surface area contributed by atoms with E-state index in [1.807, 2.05) is 37.4 Å². The van der Waals surface area contributed by atoms with Crippen molar-refractivity contribution >= 4 is 11.8 Å². The van der Waals surface area contributed by atoms with Crippen molar-refractivity contribution in [3.8, 4) is 5.75 Å². The van der Waals surface area contributed by atoms with Crippen molar-refractivity contribution in [3.05, 3.63) is 41.7 Å². The highest BCUT2D eigenvalue weighted by atomic mass is 32.2. The molecule has 0 aliphatic carbocycles. The molecule has 0 atom stereocenters. The summed E-state index contributed by atoms with van der Waals surface area (Å²) in [5, 5.41) is 10.2. The summed E-state index contributed by atoms with van der Waals surface area (Å²) in [6.45, 7) is 4.08. The van der Waals surface area contributed by atoms with Crippen molar-refractivity contribution in [2.45, 2.75) is 25.2 Å². The van der Waals surface area contributed by atoms with E-state index >= 15 is 0 Å². The third kappa shape index (κ3) is 4.76. The molecule has 0 fully saturated rings. The molecule has 0 saturated carbocycles. The van der Waals surface area contributed by atoms with Gasteiger partial charge in [0.1, 0.15) is 5.75 Å². The summed E-state index contributed by atoms with van der Waals surface area (Å²) in [6, 6.07) is 7.96. The van der Waals surface area contributed by atoms with Gasteiger partial charge in [0, 0.05) is 25.1 Å². The monoisotopic (exact) mass is 322 g/mol. The van der Waals surface area contributed by atoms with E-state index in [-0.39, 0.29) is 6.61 Å². The maximum atomic E-state index is 9.29. The molecule has 2 rings (SSSR count). The van der Waals surface area contributed by atoms with Gasteiger partial charge in [0.15, 0.2) is 5.16 Å². The Bertz CT molecular complexity index is 569. The normalized spacial score (nSPS) is 10.9. The fourth-order valence-electron chi connectivity index (χ4n) is 2.02. The van der Waals surface area contributed by atoms with Gasteiger partial charge >= 0.3 is 0 Å². The highest BCUT2D eigenvalue weighted by molar-refractivity contribution is 7.99. The van der Waals surface area contributed by atoms with Crippen LogP contribution in [0.15, 0.2) is 35.6 Å². The Hall–Kier alpha value is -1.50. The maximum absolute atomic E-state index is 9.29. The van der Waals surface area contributed by atoms with Gasteiger partial charge in [-0.25, -0.2) is 4.98 Å². The molecule has 0 spiro atoms. The van der Waals surface area contributed by atoms with Crippen LogP contribution >= 0.6 is 11.8 Å². The second-order valence-corrected chi connectivity index (χ2v) is 5.76. The fraction of sp³-hybridized carbons (Fsp3) is 0.438.